The van der Waals surface area contributed by atoms with E-state index in [1.54, 1.807) is 41.6 Å². The van der Waals surface area contributed by atoms with Crippen molar-refractivity contribution in [3.63, 3.8) is 0 Å². The van der Waals surface area contributed by atoms with Crippen molar-refractivity contribution in [3.05, 3.63) is 53.3 Å². The standard InChI is InChI=1S/C20H21N5O4S/c1-13-4-6-15(7-5-13)22-17(26)10-24(2)18(27)11-29-20(28)16-12-30-19(23-16)14-8-21-25(3)9-14/h4-9,12H,10-11H2,1-3H3,(H,22,26). The van der Waals surface area contributed by atoms with Gasteiger partial charge >= 0.3 is 5.97 Å². The van der Waals surface area contributed by atoms with E-state index >= 15 is 0 Å². The molecule has 0 radical (unpaired) electrons. The molecule has 156 valence electrons. The summed E-state index contributed by atoms with van der Waals surface area (Å²) in [5, 5.41) is 8.97. The molecule has 2 heterocycles. The van der Waals surface area contributed by atoms with E-state index in [0.29, 0.717) is 10.7 Å². The first-order valence-electron chi connectivity index (χ1n) is 9.04. The minimum Gasteiger partial charge on any atom is -0.451 e. The fraction of sp³-hybridized carbons (Fsp3) is 0.250. The van der Waals surface area contributed by atoms with Gasteiger partial charge in [-0.2, -0.15) is 5.10 Å². The minimum atomic E-state index is -0.702. The Morgan fingerprint density at radius 1 is 1.23 bits per heavy atom. The van der Waals surface area contributed by atoms with E-state index in [9.17, 15) is 14.4 Å². The lowest BCUT2D eigenvalue weighted by atomic mass is 10.2. The van der Waals surface area contributed by atoms with E-state index in [2.05, 4.69) is 15.4 Å². The van der Waals surface area contributed by atoms with Gasteiger partial charge in [-0.05, 0) is 19.1 Å². The Morgan fingerprint density at radius 3 is 2.63 bits per heavy atom. The van der Waals surface area contributed by atoms with Crippen molar-refractivity contribution in [1.82, 2.24) is 19.7 Å². The van der Waals surface area contributed by atoms with Crippen molar-refractivity contribution in [2.24, 2.45) is 7.05 Å². The van der Waals surface area contributed by atoms with Gasteiger partial charge in [-0.1, -0.05) is 17.7 Å². The minimum absolute atomic E-state index is 0.117. The first-order chi connectivity index (χ1) is 14.3. The van der Waals surface area contributed by atoms with E-state index in [1.165, 1.54) is 23.3 Å². The smallest absolute Gasteiger partial charge is 0.358 e. The Bertz CT molecular complexity index is 1060. The van der Waals surface area contributed by atoms with Gasteiger partial charge in [-0.25, -0.2) is 9.78 Å². The van der Waals surface area contributed by atoms with Crippen LogP contribution < -0.4 is 5.32 Å². The lowest BCUT2D eigenvalue weighted by Crippen LogP contribution is -2.37. The number of carbonyl (C=O) groups excluding carboxylic acids is 3. The fourth-order valence-corrected chi connectivity index (χ4v) is 3.25. The molecule has 3 aromatic rings. The number of nitrogens with zero attached hydrogens (tertiary/aromatic N) is 4. The number of carbonyl (C=O) groups is 3. The van der Waals surface area contributed by atoms with Gasteiger partial charge in [0.05, 0.1) is 12.7 Å². The maximum atomic E-state index is 12.2. The average molecular weight is 427 g/mol. The second-order valence-corrected chi connectivity index (χ2v) is 7.54. The normalized spacial score (nSPS) is 10.5. The quantitative estimate of drug-likeness (QED) is 0.579. The molecule has 1 aromatic carbocycles. The maximum absolute atomic E-state index is 12.2. The molecule has 0 aliphatic rings. The average Bonchev–Trinajstić information content (AvgIpc) is 3.36. The Hall–Kier alpha value is -3.53. The Labute approximate surface area is 177 Å². The highest BCUT2D eigenvalue weighted by molar-refractivity contribution is 7.13. The van der Waals surface area contributed by atoms with Crippen LogP contribution in [0.5, 0.6) is 0 Å². The number of nitrogens with one attached hydrogen (secondary N) is 1. The van der Waals surface area contributed by atoms with Crippen molar-refractivity contribution in [1.29, 1.82) is 0 Å². The van der Waals surface area contributed by atoms with Crippen LogP contribution in [0.3, 0.4) is 0 Å². The fourth-order valence-electron chi connectivity index (χ4n) is 2.48. The molecule has 9 nitrogen and oxygen atoms in total. The predicted octanol–water partition coefficient (Wildman–Crippen LogP) is 2.11. The third-order valence-electron chi connectivity index (χ3n) is 4.13. The summed E-state index contributed by atoms with van der Waals surface area (Å²) in [4.78, 5) is 41.8. The molecule has 0 atom stereocenters. The summed E-state index contributed by atoms with van der Waals surface area (Å²) in [6, 6.07) is 7.32. The van der Waals surface area contributed by atoms with Crippen LogP contribution in [-0.4, -0.2) is 57.6 Å². The van der Waals surface area contributed by atoms with Crippen LogP contribution in [0, 0.1) is 6.92 Å². The van der Waals surface area contributed by atoms with Gasteiger partial charge < -0.3 is 15.0 Å². The summed E-state index contributed by atoms with van der Waals surface area (Å²) in [7, 11) is 3.25. The number of hydrogen-bond acceptors (Lipinski definition) is 7. The van der Waals surface area contributed by atoms with Crippen LogP contribution in [0.15, 0.2) is 42.0 Å². The molecule has 10 heteroatoms. The molecular weight excluding hydrogens is 406 g/mol. The number of ether oxygens (including phenoxy) is 1. The highest BCUT2D eigenvalue weighted by Gasteiger charge is 2.18. The summed E-state index contributed by atoms with van der Waals surface area (Å²) in [5.41, 5.74) is 2.63. The molecule has 0 bridgehead atoms. The summed E-state index contributed by atoms with van der Waals surface area (Å²) < 4.78 is 6.68. The Morgan fingerprint density at radius 2 is 1.97 bits per heavy atom. The van der Waals surface area contributed by atoms with E-state index in [-0.39, 0.29) is 18.1 Å². The van der Waals surface area contributed by atoms with Crippen LogP contribution in [-0.2, 0) is 21.4 Å². The topological polar surface area (TPSA) is 106 Å². The largest absolute Gasteiger partial charge is 0.451 e. The van der Waals surface area contributed by atoms with Gasteiger partial charge in [0.2, 0.25) is 5.91 Å². The van der Waals surface area contributed by atoms with Crippen molar-refractivity contribution in [3.8, 4) is 10.6 Å². The number of thiazole rings is 1. The molecule has 2 amide bonds. The number of anilines is 1. The van der Waals surface area contributed by atoms with E-state index < -0.39 is 18.5 Å². The third kappa shape index (κ3) is 5.51. The van der Waals surface area contributed by atoms with Crippen LogP contribution in [0.25, 0.3) is 10.6 Å². The highest BCUT2D eigenvalue weighted by Crippen LogP contribution is 2.23. The summed E-state index contributed by atoms with van der Waals surface area (Å²) in [5.74, 6) is -1.54. The van der Waals surface area contributed by atoms with Crippen molar-refractivity contribution < 1.29 is 19.1 Å². The van der Waals surface area contributed by atoms with Crippen LogP contribution in [0.1, 0.15) is 16.1 Å². The number of amides is 2. The van der Waals surface area contributed by atoms with Crippen LogP contribution >= 0.6 is 11.3 Å². The molecule has 30 heavy (non-hydrogen) atoms. The molecule has 2 aromatic heterocycles. The number of rotatable bonds is 7. The highest BCUT2D eigenvalue weighted by atomic mass is 32.1. The number of aromatic nitrogens is 3. The first-order valence-corrected chi connectivity index (χ1v) is 9.92. The monoisotopic (exact) mass is 427 g/mol. The molecule has 0 saturated carbocycles. The zero-order chi connectivity index (χ0) is 21.7. The molecule has 0 spiro atoms. The number of aryl methyl sites for hydroxylation is 2. The summed E-state index contributed by atoms with van der Waals surface area (Å²) in [6.07, 6.45) is 3.43. The SMILES string of the molecule is Cc1ccc(NC(=O)CN(C)C(=O)COC(=O)c2csc(-c3cnn(C)c3)n2)cc1. The first kappa shape index (κ1) is 21.2. The predicted molar refractivity (Wildman–Crippen MR) is 112 cm³/mol. The Balaban J connectivity index is 1.47. The van der Waals surface area contributed by atoms with E-state index in [4.69, 9.17) is 4.74 Å². The van der Waals surface area contributed by atoms with Crippen LogP contribution in [0.4, 0.5) is 5.69 Å². The molecule has 3 rings (SSSR count). The molecule has 1 N–H and O–H groups in total. The van der Waals surface area contributed by atoms with Gasteiger partial charge in [-0.15, -0.1) is 11.3 Å². The zero-order valence-electron chi connectivity index (χ0n) is 16.8. The number of esters is 1. The maximum Gasteiger partial charge on any atom is 0.358 e. The van der Waals surface area contributed by atoms with Crippen molar-refractivity contribution in [2.45, 2.75) is 6.92 Å². The van der Waals surface area contributed by atoms with Crippen molar-refractivity contribution in [2.75, 3.05) is 25.5 Å². The van der Waals surface area contributed by atoms with Gasteiger partial charge in [-0.3, -0.25) is 14.3 Å². The molecular formula is C20H21N5O4S. The molecule has 0 unspecified atom stereocenters. The number of likely N-dealkylation sites (N-methyl/N-ethyl adjacent to an activating group) is 1. The summed E-state index contributed by atoms with van der Waals surface area (Å²) in [6.45, 7) is 1.31. The lowest BCUT2D eigenvalue weighted by Gasteiger charge is -2.16. The van der Waals surface area contributed by atoms with E-state index in [0.717, 1.165) is 11.1 Å². The van der Waals surface area contributed by atoms with Gasteiger partial charge in [0, 0.05) is 36.9 Å². The number of hydrogen-bond donors (Lipinski definition) is 1. The Kier molecular flexibility index (Phi) is 6.58. The second kappa shape index (κ2) is 9.31. The molecule has 0 fully saturated rings. The van der Waals surface area contributed by atoms with Crippen LogP contribution in [0.2, 0.25) is 0 Å². The summed E-state index contributed by atoms with van der Waals surface area (Å²) >= 11 is 1.28. The number of benzene rings is 1. The third-order valence-corrected chi connectivity index (χ3v) is 5.03. The van der Waals surface area contributed by atoms with Gasteiger partial charge in [0.25, 0.3) is 5.91 Å². The molecule has 0 saturated heterocycles. The van der Waals surface area contributed by atoms with Gasteiger partial charge in [0.15, 0.2) is 12.3 Å². The second-order valence-electron chi connectivity index (χ2n) is 6.68. The van der Waals surface area contributed by atoms with Gasteiger partial charge in [0.1, 0.15) is 5.01 Å². The van der Waals surface area contributed by atoms with E-state index in [1.807, 2.05) is 19.1 Å². The molecule has 0 aliphatic carbocycles. The van der Waals surface area contributed by atoms with Crippen molar-refractivity contribution >= 4 is 34.8 Å². The molecule has 0 aliphatic heterocycles. The lowest BCUT2D eigenvalue weighted by molar-refractivity contribution is -0.136. The zero-order valence-corrected chi connectivity index (χ0v) is 17.6.